The zero-order valence-corrected chi connectivity index (χ0v) is 13.7. The minimum Gasteiger partial charge on any atom is -0.331 e. The highest BCUT2D eigenvalue weighted by Crippen LogP contribution is 2.35. The number of fused-ring (bicyclic) bond motifs is 1. The van der Waals surface area contributed by atoms with Crippen LogP contribution in [0.5, 0.6) is 0 Å². The molecule has 0 unspecified atom stereocenters. The van der Waals surface area contributed by atoms with Gasteiger partial charge in [0.2, 0.25) is 0 Å². The molecule has 3 aromatic rings. The molecule has 0 radical (unpaired) electrons. The van der Waals surface area contributed by atoms with Gasteiger partial charge in [0, 0.05) is 9.37 Å². The van der Waals surface area contributed by atoms with Crippen molar-refractivity contribution in [1.29, 1.82) is 0 Å². The van der Waals surface area contributed by atoms with Crippen molar-refractivity contribution in [3.63, 3.8) is 0 Å². The lowest BCUT2D eigenvalue weighted by molar-refractivity contribution is 0.252. The van der Waals surface area contributed by atoms with Crippen molar-refractivity contribution >= 4 is 60.1 Å². The van der Waals surface area contributed by atoms with Gasteiger partial charge in [-0.3, -0.25) is 0 Å². The Kier molecular flexibility index (Phi) is 4.42. The monoisotopic (exact) mass is 386 g/mol. The van der Waals surface area contributed by atoms with Crippen molar-refractivity contribution in [2.75, 3.05) is 5.32 Å². The molecule has 0 aliphatic rings. The summed E-state index contributed by atoms with van der Waals surface area (Å²) in [6.07, 6.45) is 0. The van der Waals surface area contributed by atoms with E-state index in [0.717, 1.165) is 14.7 Å². The summed E-state index contributed by atoms with van der Waals surface area (Å²) in [6.45, 7) is 0. The largest absolute Gasteiger partial charge is 0.331 e. The maximum absolute atomic E-state index is 12.6. The number of halogens is 3. The molecule has 2 aromatic carbocycles. The number of aromatic nitrogens is 1. The normalized spacial score (nSPS) is 11.2. The van der Waals surface area contributed by atoms with E-state index in [1.807, 2.05) is 24.3 Å². The number of rotatable bonds is 4. The molecule has 0 amide bonds. The Morgan fingerprint density at radius 1 is 1.19 bits per heavy atom. The number of hydrogen-bond donors (Lipinski definition) is 1. The molecule has 2 nitrogen and oxygen atoms in total. The van der Waals surface area contributed by atoms with Gasteiger partial charge in [-0.05, 0) is 30.3 Å². The predicted octanol–water partition coefficient (Wildman–Crippen LogP) is 6.12. The highest BCUT2D eigenvalue weighted by Gasteiger charge is 2.11. The maximum atomic E-state index is 12.6. The van der Waals surface area contributed by atoms with Gasteiger partial charge in [0.25, 0.3) is 5.76 Å². The SMILES string of the molecule is FC(F)Sc1ccccc1Nc1nc2cc(Br)ccc2s1. The van der Waals surface area contributed by atoms with E-state index in [4.69, 9.17) is 0 Å². The van der Waals surface area contributed by atoms with Crippen LogP contribution in [0.15, 0.2) is 51.8 Å². The molecule has 3 rings (SSSR count). The van der Waals surface area contributed by atoms with Crippen LogP contribution in [0.25, 0.3) is 10.2 Å². The van der Waals surface area contributed by atoms with E-state index in [-0.39, 0.29) is 0 Å². The van der Waals surface area contributed by atoms with E-state index in [1.54, 1.807) is 18.2 Å². The summed E-state index contributed by atoms with van der Waals surface area (Å²) >= 11 is 5.42. The molecule has 0 bridgehead atoms. The summed E-state index contributed by atoms with van der Waals surface area (Å²) in [7, 11) is 0. The topological polar surface area (TPSA) is 24.9 Å². The molecule has 0 fully saturated rings. The van der Waals surface area contributed by atoms with Crippen LogP contribution in [-0.4, -0.2) is 10.7 Å². The Bertz CT molecular complexity index is 777. The fraction of sp³-hybridized carbons (Fsp3) is 0.0714. The van der Waals surface area contributed by atoms with Gasteiger partial charge in [-0.15, -0.1) is 0 Å². The van der Waals surface area contributed by atoms with Crippen molar-refractivity contribution < 1.29 is 8.78 Å². The molecule has 0 saturated heterocycles. The van der Waals surface area contributed by atoms with Gasteiger partial charge in [0.05, 0.1) is 15.9 Å². The summed E-state index contributed by atoms with van der Waals surface area (Å²) in [5, 5.41) is 3.81. The van der Waals surface area contributed by atoms with Crippen LogP contribution >= 0.6 is 39.0 Å². The number of thioether (sulfide) groups is 1. The van der Waals surface area contributed by atoms with Crippen molar-refractivity contribution in [2.45, 2.75) is 10.7 Å². The first-order valence-electron chi connectivity index (χ1n) is 5.99. The van der Waals surface area contributed by atoms with Crippen LogP contribution in [-0.2, 0) is 0 Å². The molecule has 1 heterocycles. The molecule has 0 saturated carbocycles. The Labute approximate surface area is 136 Å². The summed E-state index contributed by atoms with van der Waals surface area (Å²) in [4.78, 5) is 4.98. The average molecular weight is 387 g/mol. The lowest BCUT2D eigenvalue weighted by Crippen LogP contribution is -1.93. The van der Waals surface area contributed by atoms with Crippen molar-refractivity contribution in [3.05, 3.63) is 46.9 Å². The molecular weight excluding hydrogens is 378 g/mol. The summed E-state index contributed by atoms with van der Waals surface area (Å²) in [5.41, 5.74) is 1.51. The Morgan fingerprint density at radius 2 is 2.00 bits per heavy atom. The van der Waals surface area contributed by atoms with Crippen LogP contribution in [0.4, 0.5) is 19.6 Å². The minimum atomic E-state index is -2.45. The van der Waals surface area contributed by atoms with Crippen LogP contribution in [0.3, 0.4) is 0 Å². The maximum Gasteiger partial charge on any atom is 0.288 e. The second-order valence-electron chi connectivity index (χ2n) is 4.13. The quantitative estimate of drug-likeness (QED) is 0.546. The molecule has 0 spiro atoms. The lowest BCUT2D eigenvalue weighted by Gasteiger charge is -2.08. The number of anilines is 2. The van der Waals surface area contributed by atoms with Gasteiger partial charge < -0.3 is 5.32 Å². The van der Waals surface area contributed by atoms with Gasteiger partial charge in [-0.25, -0.2) is 4.98 Å². The molecule has 1 aromatic heterocycles. The molecule has 108 valence electrons. The molecule has 0 aliphatic carbocycles. The average Bonchev–Trinajstić information content (AvgIpc) is 2.82. The van der Waals surface area contributed by atoms with Crippen LogP contribution in [0.2, 0.25) is 0 Å². The first kappa shape index (κ1) is 14.7. The van der Waals surface area contributed by atoms with Crippen LogP contribution in [0, 0.1) is 0 Å². The van der Waals surface area contributed by atoms with E-state index < -0.39 is 5.76 Å². The van der Waals surface area contributed by atoms with E-state index in [0.29, 0.717) is 27.5 Å². The van der Waals surface area contributed by atoms with Gasteiger partial charge in [0.1, 0.15) is 0 Å². The predicted molar refractivity (Wildman–Crippen MR) is 88.9 cm³/mol. The number of para-hydroxylation sites is 1. The van der Waals surface area contributed by atoms with E-state index in [2.05, 4.69) is 26.2 Å². The van der Waals surface area contributed by atoms with Gasteiger partial charge in [-0.2, -0.15) is 8.78 Å². The second kappa shape index (κ2) is 6.29. The third-order valence-corrected chi connectivity index (χ3v) is 4.93. The summed E-state index contributed by atoms with van der Waals surface area (Å²) < 4.78 is 27.1. The minimum absolute atomic E-state index is 0.507. The fourth-order valence-electron chi connectivity index (χ4n) is 1.84. The highest BCUT2D eigenvalue weighted by atomic mass is 79.9. The zero-order valence-electron chi connectivity index (χ0n) is 10.5. The van der Waals surface area contributed by atoms with Crippen molar-refractivity contribution in [2.24, 2.45) is 0 Å². The van der Waals surface area contributed by atoms with Gasteiger partial charge in [-0.1, -0.05) is 51.2 Å². The fourth-order valence-corrected chi connectivity index (χ4v) is 3.64. The first-order valence-corrected chi connectivity index (χ1v) is 8.48. The zero-order chi connectivity index (χ0) is 14.8. The molecular formula is C14H9BrF2N2S2. The second-order valence-corrected chi connectivity index (χ2v) is 7.11. The van der Waals surface area contributed by atoms with E-state index >= 15 is 0 Å². The third-order valence-electron chi connectivity index (χ3n) is 2.69. The smallest absolute Gasteiger partial charge is 0.288 e. The number of nitrogens with zero attached hydrogens (tertiary/aromatic N) is 1. The van der Waals surface area contributed by atoms with Crippen LogP contribution < -0.4 is 5.32 Å². The first-order chi connectivity index (χ1) is 10.1. The van der Waals surface area contributed by atoms with Crippen molar-refractivity contribution in [1.82, 2.24) is 4.98 Å². The summed E-state index contributed by atoms with van der Waals surface area (Å²) in [5.74, 6) is -2.45. The molecule has 0 aliphatic heterocycles. The van der Waals surface area contributed by atoms with E-state index in [1.165, 1.54) is 11.3 Å². The lowest BCUT2D eigenvalue weighted by atomic mass is 10.3. The number of hydrogen-bond acceptors (Lipinski definition) is 4. The van der Waals surface area contributed by atoms with Crippen LogP contribution in [0.1, 0.15) is 0 Å². The van der Waals surface area contributed by atoms with Gasteiger partial charge in [0.15, 0.2) is 5.13 Å². The molecule has 21 heavy (non-hydrogen) atoms. The number of thiazole rings is 1. The Morgan fingerprint density at radius 3 is 2.81 bits per heavy atom. The highest BCUT2D eigenvalue weighted by molar-refractivity contribution is 9.10. The van der Waals surface area contributed by atoms with Crippen molar-refractivity contribution in [3.8, 4) is 0 Å². The third kappa shape index (κ3) is 3.53. The standard InChI is InChI=1S/C14H9BrF2N2S2/c15-8-5-6-12-10(7-8)19-14(21-12)18-9-3-1-2-4-11(9)20-13(16)17/h1-7,13H,(H,18,19). The number of alkyl halides is 2. The van der Waals surface area contributed by atoms with E-state index in [9.17, 15) is 8.78 Å². The summed E-state index contributed by atoms with van der Waals surface area (Å²) in [6, 6.07) is 12.8. The molecule has 1 N–H and O–H groups in total. The Balaban J connectivity index is 1.91. The Hall–Kier alpha value is -1.18. The number of nitrogens with one attached hydrogen (secondary N) is 1. The number of benzene rings is 2. The molecule has 7 heteroatoms. The van der Waals surface area contributed by atoms with Gasteiger partial charge >= 0.3 is 0 Å². The molecule has 0 atom stereocenters.